The number of ether oxygens (including phenoxy) is 3. The summed E-state index contributed by atoms with van der Waals surface area (Å²) in [5.41, 5.74) is 0.885. The second-order valence-corrected chi connectivity index (χ2v) is 4.70. The van der Waals surface area contributed by atoms with E-state index in [1.54, 1.807) is 36.4 Å². The van der Waals surface area contributed by atoms with E-state index in [0.29, 0.717) is 28.4 Å². The highest BCUT2D eigenvalue weighted by Gasteiger charge is 2.28. The third-order valence-electron chi connectivity index (χ3n) is 3.41. The van der Waals surface area contributed by atoms with E-state index in [0.717, 1.165) is 0 Å². The molecule has 0 aromatic heterocycles. The number of hydrogen-bond acceptors (Lipinski definition) is 5. The first kappa shape index (κ1) is 14.0. The summed E-state index contributed by atoms with van der Waals surface area (Å²) in [6.07, 6.45) is 1.49. The van der Waals surface area contributed by atoms with E-state index in [-0.39, 0.29) is 17.3 Å². The minimum absolute atomic E-state index is 0.0394. The van der Waals surface area contributed by atoms with Gasteiger partial charge in [-0.3, -0.25) is 4.79 Å². The van der Waals surface area contributed by atoms with Crippen LogP contribution in [0.2, 0.25) is 0 Å². The van der Waals surface area contributed by atoms with Gasteiger partial charge in [0.2, 0.25) is 5.78 Å². The molecule has 0 amide bonds. The van der Waals surface area contributed by atoms with E-state index in [2.05, 4.69) is 0 Å². The van der Waals surface area contributed by atoms with Crippen LogP contribution in [-0.2, 0) is 0 Å². The van der Waals surface area contributed by atoms with Crippen molar-refractivity contribution in [2.24, 2.45) is 0 Å². The molecule has 0 atom stereocenters. The van der Waals surface area contributed by atoms with Crippen LogP contribution >= 0.6 is 0 Å². The van der Waals surface area contributed by atoms with E-state index in [1.165, 1.54) is 20.3 Å². The first-order chi connectivity index (χ1) is 10.6. The number of carbonyl (C=O) groups is 1. The minimum atomic E-state index is -0.254. The summed E-state index contributed by atoms with van der Waals surface area (Å²) in [6, 6.07) is 10.1. The first-order valence-corrected chi connectivity index (χ1v) is 6.62. The Hall–Kier alpha value is -2.95. The van der Waals surface area contributed by atoms with E-state index in [9.17, 15) is 9.90 Å². The average molecular weight is 298 g/mol. The van der Waals surface area contributed by atoms with Crippen molar-refractivity contribution in [1.29, 1.82) is 0 Å². The Labute approximate surface area is 127 Å². The molecule has 5 nitrogen and oxygen atoms in total. The fourth-order valence-electron chi connectivity index (χ4n) is 2.26. The maximum atomic E-state index is 12.4. The van der Waals surface area contributed by atoms with Gasteiger partial charge in [-0.1, -0.05) is 12.1 Å². The third-order valence-corrected chi connectivity index (χ3v) is 3.41. The van der Waals surface area contributed by atoms with Crippen LogP contribution in [0.15, 0.2) is 42.2 Å². The maximum Gasteiger partial charge on any atom is 0.232 e. The van der Waals surface area contributed by atoms with Crippen molar-refractivity contribution < 1.29 is 24.1 Å². The molecule has 0 fully saturated rings. The molecule has 22 heavy (non-hydrogen) atoms. The second-order valence-electron chi connectivity index (χ2n) is 4.70. The summed E-state index contributed by atoms with van der Waals surface area (Å²) in [4.78, 5) is 12.4. The van der Waals surface area contributed by atoms with Crippen molar-refractivity contribution in [2.45, 2.75) is 0 Å². The topological polar surface area (TPSA) is 65.0 Å². The van der Waals surface area contributed by atoms with Crippen LogP contribution in [0.25, 0.3) is 6.08 Å². The fraction of sp³-hybridized carbons (Fsp3) is 0.118. The number of phenolic OH excluding ortho intramolecular Hbond substituents is 1. The number of aromatic hydroxyl groups is 1. The Morgan fingerprint density at radius 1 is 1.14 bits per heavy atom. The number of ketones is 1. The molecule has 5 heteroatoms. The molecule has 0 unspecified atom stereocenters. The predicted molar refractivity (Wildman–Crippen MR) is 80.6 cm³/mol. The van der Waals surface area contributed by atoms with E-state index in [4.69, 9.17) is 14.2 Å². The molecular formula is C17H14O5. The fourth-order valence-corrected chi connectivity index (χ4v) is 2.26. The van der Waals surface area contributed by atoms with Crippen LogP contribution in [0.5, 0.6) is 23.0 Å². The molecule has 112 valence electrons. The number of allylic oxidation sites excluding steroid dienone is 1. The number of fused-ring (bicyclic) bond motifs is 1. The van der Waals surface area contributed by atoms with Crippen molar-refractivity contribution in [3.8, 4) is 23.0 Å². The number of methoxy groups -OCH3 is 2. The standard InChI is InChI=1S/C17H14O5/c1-20-11-6-7-13-12(9-11)17(19)15(22-13)8-10-4-3-5-14(21-2)16(10)18/h3-9,18H,1-2H3/b15-8+. The average Bonchev–Trinajstić information content (AvgIpc) is 2.85. The van der Waals surface area contributed by atoms with Gasteiger partial charge >= 0.3 is 0 Å². The smallest absolute Gasteiger partial charge is 0.232 e. The molecule has 0 spiro atoms. The normalized spacial score (nSPS) is 14.6. The summed E-state index contributed by atoms with van der Waals surface area (Å²) in [7, 11) is 3.00. The van der Waals surface area contributed by atoms with Crippen LogP contribution in [0.4, 0.5) is 0 Å². The Bertz CT molecular complexity index is 777. The molecule has 0 aliphatic carbocycles. The molecule has 1 N–H and O–H groups in total. The first-order valence-electron chi connectivity index (χ1n) is 6.62. The number of hydrogen-bond donors (Lipinski definition) is 1. The zero-order valence-electron chi connectivity index (χ0n) is 12.1. The number of rotatable bonds is 3. The summed E-state index contributed by atoms with van der Waals surface area (Å²) in [5, 5.41) is 10.1. The van der Waals surface area contributed by atoms with Crippen LogP contribution in [0.3, 0.4) is 0 Å². The number of carbonyl (C=O) groups excluding carboxylic acids is 1. The highest BCUT2D eigenvalue weighted by molar-refractivity contribution is 6.14. The van der Waals surface area contributed by atoms with Gasteiger partial charge < -0.3 is 19.3 Å². The van der Waals surface area contributed by atoms with Gasteiger partial charge in [0.05, 0.1) is 19.8 Å². The molecule has 3 rings (SSSR count). The number of phenols is 1. The number of benzene rings is 2. The van der Waals surface area contributed by atoms with Gasteiger partial charge in [-0.25, -0.2) is 0 Å². The van der Waals surface area contributed by atoms with Gasteiger partial charge in [0.1, 0.15) is 11.5 Å². The monoisotopic (exact) mass is 298 g/mol. The summed E-state index contributed by atoms with van der Waals surface area (Å²) in [5.74, 6) is 1.24. The highest BCUT2D eigenvalue weighted by atomic mass is 16.5. The third kappa shape index (κ3) is 2.26. The Balaban J connectivity index is 2.00. The molecule has 0 radical (unpaired) electrons. The van der Waals surface area contributed by atoms with E-state index >= 15 is 0 Å². The number of Topliss-reactive ketones (excluding diaryl/α,β-unsaturated/α-hetero) is 1. The lowest BCUT2D eigenvalue weighted by Gasteiger charge is -2.06. The lowest BCUT2D eigenvalue weighted by molar-refractivity contribution is 0.101. The summed E-state index contributed by atoms with van der Waals surface area (Å²) in [6.45, 7) is 0. The molecule has 1 aliphatic heterocycles. The quantitative estimate of drug-likeness (QED) is 0.882. The highest BCUT2D eigenvalue weighted by Crippen LogP contribution is 2.36. The van der Waals surface area contributed by atoms with Crippen molar-refractivity contribution in [3.63, 3.8) is 0 Å². The summed E-state index contributed by atoms with van der Waals surface area (Å²) >= 11 is 0. The van der Waals surface area contributed by atoms with Crippen molar-refractivity contribution >= 4 is 11.9 Å². The van der Waals surface area contributed by atoms with Crippen LogP contribution < -0.4 is 14.2 Å². The van der Waals surface area contributed by atoms with Gasteiger partial charge in [0.15, 0.2) is 17.3 Å². The molecule has 2 aromatic carbocycles. The number of para-hydroxylation sites is 1. The minimum Gasteiger partial charge on any atom is -0.504 e. The van der Waals surface area contributed by atoms with E-state index < -0.39 is 0 Å². The van der Waals surface area contributed by atoms with Crippen LogP contribution in [-0.4, -0.2) is 25.1 Å². The lowest BCUT2D eigenvalue weighted by atomic mass is 10.1. The summed E-state index contributed by atoms with van der Waals surface area (Å²) < 4.78 is 15.7. The van der Waals surface area contributed by atoms with Crippen LogP contribution in [0.1, 0.15) is 15.9 Å². The SMILES string of the molecule is COc1ccc2c(c1)C(=O)/C(=C\c1cccc(OC)c1O)O2. The van der Waals surface area contributed by atoms with Gasteiger partial charge in [0.25, 0.3) is 0 Å². The van der Waals surface area contributed by atoms with E-state index in [1.807, 2.05) is 0 Å². The molecule has 0 saturated heterocycles. The molecule has 2 aromatic rings. The Morgan fingerprint density at radius 3 is 2.68 bits per heavy atom. The zero-order chi connectivity index (χ0) is 15.7. The molecular weight excluding hydrogens is 284 g/mol. The molecule has 1 heterocycles. The zero-order valence-corrected chi connectivity index (χ0v) is 12.1. The maximum absolute atomic E-state index is 12.4. The largest absolute Gasteiger partial charge is 0.504 e. The lowest BCUT2D eigenvalue weighted by Crippen LogP contribution is -1.98. The second kappa shape index (κ2) is 5.44. The predicted octanol–water partition coefficient (Wildman–Crippen LogP) is 3.03. The van der Waals surface area contributed by atoms with Crippen molar-refractivity contribution in [3.05, 3.63) is 53.3 Å². The van der Waals surface area contributed by atoms with Crippen LogP contribution in [0, 0.1) is 0 Å². The van der Waals surface area contributed by atoms with Gasteiger partial charge in [-0.15, -0.1) is 0 Å². The Morgan fingerprint density at radius 2 is 1.95 bits per heavy atom. The van der Waals surface area contributed by atoms with Gasteiger partial charge in [-0.2, -0.15) is 0 Å². The Kier molecular flexibility index (Phi) is 3.47. The molecule has 0 bridgehead atoms. The van der Waals surface area contributed by atoms with Crippen molar-refractivity contribution in [2.75, 3.05) is 14.2 Å². The molecule has 0 saturated carbocycles. The van der Waals surface area contributed by atoms with Gasteiger partial charge in [0, 0.05) is 5.56 Å². The van der Waals surface area contributed by atoms with Gasteiger partial charge in [-0.05, 0) is 30.3 Å². The molecule has 1 aliphatic rings. The van der Waals surface area contributed by atoms with Crippen molar-refractivity contribution in [1.82, 2.24) is 0 Å².